The van der Waals surface area contributed by atoms with Gasteiger partial charge in [0.15, 0.2) is 0 Å². The zero-order chi connectivity index (χ0) is 18.4. The molecule has 6 nitrogen and oxygen atoms in total. The van der Waals surface area contributed by atoms with Crippen molar-refractivity contribution in [3.8, 4) is 10.6 Å². The number of benzene rings is 1. The number of carbonyl (C=O) groups is 2. The van der Waals surface area contributed by atoms with Gasteiger partial charge in [-0.05, 0) is 27.2 Å². The van der Waals surface area contributed by atoms with Crippen LogP contribution >= 0.6 is 11.3 Å². The second-order valence-corrected chi connectivity index (χ2v) is 6.98. The molecule has 134 valence electrons. The number of rotatable bonds is 7. The van der Waals surface area contributed by atoms with Gasteiger partial charge < -0.3 is 15.7 Å². The van der Waals surface area contributed by atoms with Gasteiger partial charge in [-0.2, -0.15) is 0 Å². The van der Waals surface area contributed by atoms with E-state index in [4.69, 9.17) is 5.11 Å². The molecule has 0 saturated heterocycles. The molecular formula is C18H23N3O3S. The number of nitrogens with one attached hydrogen (secondary N) is 2. The fourth-order valence-electron chi connectivity index (χ4n) is 2.38. The first kappa shape index (κ1) is 18.9. The Hall–Kier alpha value is -2.41. The molecule has 2 amide bonds. The van der Waals surface area contributed by atoms with Crippen LogP contribution in [-0.2, 0) is 4.79 Å². The average molecular weight is 361 g/mol. The number of aromatic nitrogens is 1. The zero-order valence-corrected chi connectivity index (χ0v) is 15.4. The second-order valence-electron chi connectivity index (χ2n) is 5.95. The summed E-state index contributed by atoms with van der Waals surface area (Å²) in [5, 5.41) is 15.1. The van der Waals surface area contributed by atoms with Crippen LogP contribution in [0.25, 0.3) is 10.6 Å². The largest absolute Gasteiger partial charge is 0.481 e. The maximum atomic E-state index is 11.9. The molecule has 0 aliphatic rings. The third-order valence-electron chi connectivity index (χ3n) is 3.72. The van der Waals surface area contributed by atoms with E-state index in [-0.39, 0.29) is 18.5 Å². The lowest BCUT2D eigenvalue weighted by molar-refractivity contribution is -0.137. The van der Waals surface area contributed by atoms with E-state index < -0.39 is 5.97 Å². The number of nitrogens with zero attached hydrogens (tertiary/aromatic N) is 1. The van der Waals surface area contributed by atoms with Gasteiger partial charge in [-0.1, -0.05) is 29.8 Å². The van der Waals surface area contributed by atoms with E-state index >= 15 is 0 Å². The fourth-order valence-corrected chi connectivity index (χ4v) is 3.46. The van der Waals surface area contributed by atoms with Crippen molar-refractivity contribution in [2.45, 2.75) is 39.7 Å². The van der Waals surface area contributed by atoms with Gasteiger partial charge in [-0.25, -0.2) is 9.78 Å². The molecule has 2 aromatic rings. The van der Waals surface area contributed by atoms with Crippen LogP contribution in [0.1, 0.15) is 41.9 Å². The summed E-state index contributed by atoms with van der Waals surface area (Å²) < 4.78 is 0. The summed E-state index contributed by atoms with van der Waals surface area (Å²) in [5.74, 6) is -0.862. The maximum absolute atomic E-state index is 11.9. The molecule has 2 rings (SSSR count). The summed E-state index contributed by atoms with van der Waals surface area (Å²) in [6.45, 7) is 6.23. The lowest BCUT2D eigenvalue weighted by atomic mass is 10.2. The van der Waals surface area contributed by atoms with Crippen LogP contribution in [0.2, 0.25) is 0 Å². The number of aryl methyl sites for hydroxylation is 2. The highest BCUT2D eigenvalue weighted by Crippen LogP contribution is 2.31. The molecule has 0 spiro atoms. The smallest absolute Gasteiger partial charge is 0.315 e. The van der Waals surface area contributed by atoms with Crippen molar-refractivity contribution < 1.29 is 14.7 Å². The summed E-state index contributed by atoms with van der Waals surface area (Å²) in [4.78, 5) is 28.0. The topological polar surface area (TPSA) is 91.3 Å². The Bertz CT molecular complexity index is 741. The van der Waals surface area contributed by atoms with Gasteiger partial charge >= 0.3 is 12.0 Å². The normalized spacial score (nSPS) is 11.8. The maximum Gasteiger partial charge on any atom is 0.315 e. The third-order valence-corrected chi connectivity index (χ3v) is 5.11. The number of hydrogen-bond acceptors (Lipinski definition) is 4. The quantitative estimate of drug-likeness (QED) is 0.657. The van der Waals surface area contributed by atoms with Gasteiger partial charge in [-0.3, -0.25) is 4.79 Å². The molecule has 0 bridgehead atoms. The summed E-state index contributed by atoms with van der Waals surface area (Å²) >= 11 is 1.57. The van der Waals surface area contributed by atoms with Crippen LogP contribution in [0, 0.1) is 13.8 Å². The van der Waals surface area contributed by atoms with Crippen LogP contribution in [0.15, 0.2) is 24.3 Å². The number of carbonyl (C=O) groups excluding carboxylic acids is 1. The van der Waals surface area contributed by atoms with Crippen LogP contribution in [0.5, 0.6) is 0 Å². The van der Waals surface area contributed by atoms with Crippen molar-refractivity contribution in [3.05, 3.63) is 40.4 Å². The number of aliphatic carboxylic acids is 1. The number of thiazole rings is 1. The van der Waals surface area contributed by atoms with Crippen molar-refractivity contribution in [3.63, 3.8) is 0 Å². The van der Waals surface area contributed by atoms with E-state index in [1.807, 2.05) is 32.9 Å². The van der Waals surface area contributed by atoms with Gasteiger partial charge in [0.2, 0.25) is 0 Å². The number of carboxylic acid groups (broad SMARTS) is 1. The van der Waals surface area contributed by atoms with Gasteiger partial charge in [0.1, 0.15) is 5.01 Å². The third kappa shape index (κ3) is 5.56. The van der Waals surface area contributed by atoms with Gasteiger partial charge in [0, 0.05) is 18.5 Å². The standard InChI is InChI=1S/C18H23N3O3S/c1-11-6-8-14(9-7-11)17-20-12(2)16(25-17)13(3)21-18(24)19-10-4-5-15(22)23/h6-9,13H,4-5,10H2,1-3H3,(H,22,23)(H2,19,21,24). The summed E-state index contributed by atoms with van der Waals surface area (Å²) in [5.41, 5.74) is 3.17. The Balaban J connectivity index is 1.95. The molecule has 1 atom stereocenters. The first-order valence-electron chi connectivity index (χ1n) is 8.17. The van der Waals surface area contributed by atoms with Crippen molar-refractivity contribution >= 4 is 23.3 Å². The molecular weight excluding hydrogens is 338 g/mol. The molecule has 1 aromatic heterocycles. The van der Waals surface area contributed by atoms with E-state index in [9.17, 15) is 9.59 Å². The average Bonchev–Trinajstić information content (AvgIpc) is 2.94. The van der Waals surface area contributed by atoms with E-state index in [2.05, 4.69) is 27.8 Å². The molecule has 0 aliphatic heterocycles. The SMILES string of the molecule is Cc1ccc(-c2nc(C)c(C(C)NC(=O)NCCCC(=O)O)s2)cc1. The Labute approximate surface area is 151 Å². The molecule has 0 aliphatic carbocycles. The Morgan fingerprint density at radius 3 is 2.56 bits per heavy atom. The first-order chi connectivity index (χ1) is 11.9. The zero-order valence-electron chi connectivity index (χ0n) is 14.6. The number of urea groups is 1. The predicted molar refractivity (Wildman–Crippen MR) is 98.8 cm³/mol. The van der Waals surface area contributed by atoms with Gasteiger partial charge in [-0.15, -0.1) is 11.3 Å². The van der Waals surface area contributed by atoms with E-state index in [0.717, 1.165) is 21.1 Å². The van der Waals surface area contributed by atoms with E-state index in [1.54, 1.807) is 11.3 Å². The van der Waals surface area contributed by atoms with Crippen LogP contribution in [0.3, 0.4) is 0 Å². The highest BCUT2D eigenvalue weighted by atomic mass is 32.1. The summed E-state index contributed by atoms with van der Waals surface area (Å²) in [6.07, 6.45) is 0.456. The van der Waals surface area contributed by atoms with E-state index in [0.29, 0.717) is 13.0 Å². The molecule has 3 N–H and O–H groups in total. The van der Waals surface area contributed by atoms with Gasteiger partial charge in [0.25, 0.3) is 0 Å². The fraction of sp³-hybridized carbons (Fsp3) is 0.389. The molecule has 0 fully saturated rings. The second kappa shape index (κ2) is 8.62. The van der Waals surface area contributed by atoms with Crippen molar-refractivity contribution in [1.29, 1.82) is 0 Å². The minimum Gasteiger partial charge on any atom is -0.481 e. The molecule has 1 unspecified atom stereocenters. The number of carboxylic acids is 1. The van der Waals surface area contributed by atoms with Crippen LogP contribution < -0.4 is 10.6 Å². The minimum absolute atomic E-state index is 0.0453. The van der Waals surface area contributed by atoms with Crippen LogP contribution in [0.4, 0.5) is 4.79 Å². The highest BCUT2D eigenvalue weighted by molar-refractivity contribution is 7.15. The van der Waals surface area contributed by atoms with Crippen molar-refractivity contribution in [2.24, 2.45) is 0 Å². The summed E-state index contributed by atoms with van der Waals surface area (Å²) in [6, 6.07) is 7.73. The highest BCUT2D eigenvalue weighted by Gasteiger charge is 2.17. The minimum atomic E-state index is -0.862. The lowest BCUT2D eigenvalue weighted by Gasteiger charge is -2.13. The van der Waals surface area contributed by atoms with Crippen LogP contribution in [-0.4, -0.2) is 28.6 Å². The summed E-state index contributed by atoms with van der Waals surface area (Å²) in [7, 11) is 0. The Morgan fingerprint density at radius 2 is 1.92 bits per heavy atom. The molecule has 7 heteroatoms. The Morgan fingerprint density at radius 1 is 1.24 bits per heavy atom. The predicted octanol–water partition coefficient (Wildman–Crippen LogP) is 3.65. The molecule has 1 heterocycles. The Kier molecular flexibility index (Phi) is 6.52. The van der Waals surface area contributed by atoms with Crippen molar-refractivity contribution in [1.82, 2.24) is 15.6 Å². The first-order valence-corrected chi connectivity index (χ1v) is 8.99. The van der Waals surface area contributed by atoms with E-state index in [1.165, 1.54) is 5.56 Å². The molecule has 0 saturated carbocycles. The monoisotopic (exact) mass is 361 g/mol. The van der Waals surface area contributed by atoms with Crippen molar-refractivity contribution in [2.75, 3.05) is 6.54 Å². The molecule has 25 heavy (non-hydrogen) atoms. The number of hydrogen-bond donors (Lipinski definition) is 3. The molecule has 1 aromatic carbocycles. The lowest BCUT2D eigenvalue weighted by Crippen LogP contribution is -2.37. The van der Waals surface area contributed by atoms with Gasteiger partial charge in [0.05, 0.1) is 16.6 Å². The number of amides is 2. The molecule has 0 radical (unpaired) electrons.